The van der Waals surface area contributed by atoms with Crippen LogP contribution in [0.2, 0.25) is 0 Å². The van der Waals surface area contributed by atoms with Crippen LogP contribution in [0.15, 0.2) is 72.8 Å². The fourth-order valence-electron chi connectivity index (χ4n) is 3.11. The Kier molecular flexibility index (Phi) is 4.85. The molecule has 1 atom stereocenters. The fraction of sp³-hybridized carbons (Fsp3) is 0.0909. The van der Waals surface area contributed by atoms with Crippen LogP contribution in [-0.4, -0.2) is 15.9 Å². The van der Waals surface area contributed by atoms with Crippen molar-refractivity contribution >= 4 is 16.9 Å². The number of carbonyl (C=O) groups excluding carboxylic acids is 1. The fourth-order valence-corrected chi connectivity index (χ4v) is 3.11. The molecule has 4 nitrogen and oxygen atoms in total. The van der Waals surface area contributed by atoms with Gasteiger partial charge in [-0.1, -0.05) is 42.5 Å². The van der Waals surface area contributed by atoms with Gasteiger partial charge in [-0.3, -0.25) is 4.79 Å². The summed E-state index contributed by atoms with van der Waals surface area (Å²) in [5, 5.41) is 2.82. The lowest BCUT2D eigenvalue weighted by Gasteiger charge is -2.17. The van der Waals surface area contributed by atoms with Crippen LogP contribution in [0, 0.1) is 11.6 Å². The summed E-state index contributed by atoms with van der Waals surface area (Å²) in [5.74, 6) is -1.69. The number of nitrogens with zero attached hydrogens (tertiary/aromatic N) is 1. The van der Waals surface area contributed by atoms with Crippen molar-refractivity contribution in [2.45, 2.75) is 12.5 Å². The zero-order chi connectivity index (χ0) is 19.5. The number of aromatic amines is 1. The van der Waals surface area contributed by atoms with Gasteiger partial charge in [0.15, 0.2) is 0 Å². The Bertz CT molecular complexity index is 1090. The van der Waals surface area contributed by atoms with E-state index < -0.39 is 23.6 Å². The normalized spacial score (nSPS) is 12.1. The lowest BCUT2D eigenvalue weighted by molar-refractivity contribution is 0.0930. The summed E-state index contributed by atoms with van der Waals surface area (Å²) in [6.45, 7) is 0. The van der Waals surface area contributed by atoms with Crippen molar-refractivity contribution in [3.8, 4) is 0 Å². The molecular formula is C22H17F2N3O. The molecule has 4 rings (SSSR count). The number of imidazole rings is 1. The van der Waals surface area contributed by atoms with E-state index in [-0.39, 0.29) is 5.56 Å². The summed E-state index contributed by atoms with van der Waals surface area (Å²) in [4.78, 5) is 20.4. The number of rotatable bonds is 5. The highest BCUT2D eigenvalue weighted by Gasteiger charge is 2.21. The summed E-state index contributed by atoms with van der Waals surface area (Å²) in [7, 11) is 0. The maximum atomic E-state index is 14.0. The molecule has 0 bridgehead atoms. The van der Waals surface area contributed by atoms with Gasteiger partial charge in [-0.2, -0.15) is 0 Å². The first-order valence-electron chi connectivity index (χ1n) is 8.84. The minimum atomic E-state index is -0.902. The monoisotopic (exact) mass is 377 g/mol. The second-order valence-electron chi connectivity index (χ2n) is 6.48. The number of carbonyl (C=O) groups is 1. The molecule has 0 unspecified atom stereocenters. The van der Waals surface area contributed by atoms with E-state index >= 15 is 0 Å². The maximum Gasteiger partial charge on any atom is 0.254 e. The molecule has 1 aromatic heterocycles. The smallest absolute Gasteiger partial charge is 0.254 e. The number of H-pyrrole nitrogens is 1. The van der Waals surface area contributed by atoms with Crippen LogP contribution in [-0.2, 0) is 6.42 Å². The molecule has 0 radical (unpaired) electrons. The van der Waals surface area contributed by atoms with E-state index in [1.165, 1.54) is 0 Å². The Balaban J connectivity index is 1.67. The molecule has 2 N–H and O–H groups in total. The summed E-state index contributed by atoms with van der Waals surface area (Å²) >= 11 is 0. The zero-order valence-corrected chi connectivity index (χ0v) is 14.8. The van der Waals surface area contributed by atoms with Crippen molar-refractivity contribution in [2.75, 3.05) is 0 Å². The van der Waals surface area contributed by atoms with Crippen molar-refractivity contribution in [2.24, 2.45) is 0 Å². The maximum absolute atomic E-state index is 14.0. The molecule has 0 aliphatic carbocycles. The van der Waals surface area contributed by atoms with E-state index in [0.29, 0.717) is 18.3 Å². The SMILES string of the molecule is O=C(N[C@@H](Cc1ccccc1)c1nc2ccccc2[nH]1)c1ccc(F)cc1F. The molecule has 6 heteroatoms. The van der Waals surface area contributed by atoms with Crippen molar-refractivity contribution in [3.63, 3.8) is 0 Å². The number of amides is 1. The predicted octanol–water partition coefficient (Wildman–Crippen LogP) is 4.55. The summed E-state index contributed by atoms with van der Waals surface area (Å²) < 4.78 is 27.2. The van der Waals surface area contributed by atoms with Gasteiger partial charge < -0.3 is 10.3 Å². The standard InChI is InChI=1S/C22H17F2N3O/c23-15-10-11-16(17(24)13-15)22(28)27-20(12-14-6-2-1-3-7-14)21-25-18-8-4-5-9-19(18)26-21/h1-11,13,20H,12H2,(H,25,26)(H,27,28)/t20-/m0/s1. The topological polar surface area (TPSA) is 57.8 Å². The van der Waals surface area contributed by atoms with Gasteiger partial charge in [0.25, 0.3) is 5.91 Å². The highest BCUT2D eigenvalue weighted by Crippen LogP contribution is 2.21. The Morgan fingerprint density at radius 2 is 1.75 bits per heavy atom. The lowest BCUT2D eigenvalue weighted by Crippen LogP contribution is -2.31. The Hall–Kier alpha value is -3.54. The molecule has 140 valence electrons. The second kappa shape index (κ2) is 7.60. The largest absolute Gasteiger partial charge is 0.342 e. The van der Waals surface area contributed by atoms with Crippen molar-refractivity contribution in [1.29, 1.82) is 0 Å². The third-order valence-electron chi connectivity index (χ3n) is 4.50. The average Bonchev–Trinajstić information content (AvgIpc) is 3.12. The van der Waals surface area contributed by atoms with Crippen LogP contribution in [0.25, 0.3) is 11.0 Å². The molecule has 1 amide bonds. The number of benzene rings is 3. The van der Waals surface area contributed by atoms with Crippen LogP contribution in [0.1, 0.15) is 27.8 Å². The third-order valence-corrected chi connectivity index (χ3v) is 4.50. The molecule has 0 spiro atoms. The van der Waals surface area contributed by atoms with Crippen LogP contribution in [0.3, 0.4) is 0 Å². The highest BCUT2D eigenvalue weighted by molar-refractivity contribution is 5.94. The van der Waals surface area contributed by atoms with Gasteiger partial charge >= 0.3 is 0 Å². The van der Waals surface area contributed by atoms with Gasteiger partial charge in [-0.25, -0.2) is 13.8 Å². The number of hydrogen-bond acceptors (Lipinski definition) is 2. The van der Waals surface area contributed by atoms with E-state index in [2.05, 4.69) is 15.3 Å². The first-order valence-corrected chi connectivity index (χ1v) is 8.84. The van der Waals surface area contributed by atoms with Gasteiger partial charge in [-0.15, -0.1) is 0 Å². The van der Waals surface area contributed by atoms with Crippen LogP contribution < -0.4 is 5.32 Å². The number of para-hydroxylation sites is 2. The van der Waals surface area contributed by atoms with Crippen LogP contribution in [0.5, 0.6) is 0 Å². The minimum absolute atomic E-state index is 0.212. The number of nitrogens with one attached hydrogen (secondary N) is 2. The van der Waals surface area contributed by atoms with E-state index in [4.69, 9.17) is 0 Å². The molecule has 4 aromatic rings. The van der Waals surface area contributed by atoms with Crippen molar-refractivity contribution < 1.29 is 13.6 Å². The Morgan fingerprint density at radius 3 is 2.50 bits per heavy atom. The van der Waals surface area contributed by atoms with E-state index in [9.17, 15) is 13.6 Å². The number of halogens is 2. The molecule has 28 heavy (non-hydrogen) atoms. The Labute approximate surface area is 160 Å². The average molecular weight is 377 g/mol. The molecule has 3 aromatic carbocycles. The third kappa shape index (κ3) is 3.76. The summed E-state index contributed by atoms with van der Waals surface area (Å²) in [6, 6.07) is 19.5. The first kappa shape index (κ1) is 17.9. The second-order valence-corrected chi connectivity index (χ2v) is 6.48. The number of fused-ring (bicyclic) bond motifs is 1. The van der Waals surface area contributed by atoms with Gasteiger partial charge in [0.1, 0.15) is 17.5 Å². The van der Waals surface area contributed by atoms with Gasteiger partial charge in [0, 0.05) is 6.07 Å². The molecule has 0 saturated carbocycles. The first-order chi connectivity index (χ1) is 13.6. The van der Waals surface area contributed by atoms with Gasteiger partial charge in [-0.05, 0) is 36.2 Å². The molecule has 0 saturated heterocycles. The number of hydrogen-bond donors (Lipinski definition) is 2. The summed E-state index contributed by atoms with van der Waals surface area (Å²) in [6.07, 6.45) is 0.467. The van der Waals surface area contributed by atoms with Gasteiger partial charge in [0.05, 0.1) is 22.6 Å². The van der Waals surface area contributed by atoms with Crippen LogP contribution >= 0.6 is 0 Å². The molecule has 0 fully saturated rings. The number of aromatic nitrogens is 2. The predicted molar refractivity (Wildman–Crippen MR) is 103 cm³/mol. The molecule has 0 aliphatic rings. The van der Waals surface area contributed by atoms with E-state index in [1.807, 2.05) is 54.6 Å². The van der Waals surface area contributed by atoms with Gasteiger partial charge in [0.2, 0.25) is 0 Å². The minimum Gasteiger partial charge on any atom is -0.342 e. The lowest BCUT2D eigenvalue weighted by atomic mass is 10.0. The van der Waals surface area contributed by atoms with Crippen LogP contribution in [0.4, 0.5) is 8.78 Å². The van der Waals surface area contributed by atoms with E-state index in [0.717, 1.165) is 28.7 Å². The molecule has 1 heterocycles. The molecular weight excluding hydrogens is 360 g/mol. The summed E-state index contributed by atoms with van der Waals surface area (Å²) in [5.41, 5.74) is 2.40. The quantitative estimate of drug-likeness (QED) is 0.536. The zero-order valence-electron chi connectivity index (χ0n) is 14.8. The molecule has 0 aliphatic heterocycles. The van der Waals surface area contributed by atoms with Crippen molar-refractivity contribution in [3.05, 3.63) is 101 Å². The van der Waals surface area contributed by atoms with E-state index in [1.54, 1.807) is 0 Å². The highest BCUT2D eigenvalue weighted by atomic mass is 19.1. The van der Waals surface area contributed by atoms with Crippen molar-refractivity contribution in [1.82, 2.24) is 15.3 Å². The Morgan fingerprint density at radius 1 is 1.00 bits per heavy atom.